The quantitative estimate of drug-likeness (QED) is 0.215. The molecule has 0 fully saturated rings. The van der Waals surface area contributed by atoms with Crippen LogP contribution >= 0.6 is 11.6 Å². The Labute approximate surface area is 211 Å². The fourth-order valence-corrected chi connectivity index (χ4v) is 3.94. The molecule has 0 aliphatic rings. The molecule has 0 aliphatic heterocycles. The van der Waals surface area contributed by atoms with Gasteiger partial charge in [-0.05, 0) is 36.4 Å². The average molecular weight is 504 g/mol. The number of carbonyl (C=O) groups is 3. The van der Waals surface area contributed by atoms with Gasteiger partial charge in [-0.15, -0.1) is 11.6 Å². The molecule has 8 nitrogen and oxygen atoms in total. The van der Waals surface area contributed by atoms with Gasteiger partial charge in [-0.3, -0.25) is 14.2 Å². The van der Waals surface area contributed by atoms with Crippen LogP contribution in [0, 0.1) is 0 Å². The summed E-state index contributed by atoms with van der Waals surface area (Å²) >= 11 is 5.55. The first-order chi connectivity index (χ1) is 17.3. The first kappa shape index (κ1) is 24.7. The number of aliphatic imine (C=N–C) groups is 1. The molecule has 1 amide bonds. The minimum Gasteiger partial charge on any atom is -0.494 e. The van der Waals surface area contributed by atoms with E-state index in [1.165, 1.54) is 20.1 Å². The Balaban J connectivity index is 1.93. The maximum Gasteiger partial charge on any atom is 0.337 e. The number of aromatic hydroxyl groups is 1. The predicted molar refractivity (Wildman–Crippen MR) is 139 cm³/mol. The summed E-state index contributed by atoms with van der Waals surface area (Å²) in [6.45, 7) is 1.32. The second kappa shape index (κ2) is 10.5. The number of carbonyl (C=O) groups excluding carboxylic acids is 3. The number of halogens is 1. The average Bonchev–Trinajstić information content (AvgIpc) is 3.19. The standard InChI is InChI=1S/C27H22ClN3O5/c1-16(32)31-22-14-18(27(35)36-2)8-13-21(22)24(26(31)34)25(17-6-4-3-5-7-17)30-20-11-9-19(10-12-20)29-23(33)15-28/h3-14,34H,15H2,1-2H3,(H,29,33). The number of amides is 1. The smallest absolute Gasteiger partial charge is 0.337 e. The highest BCUT2D eigenvalue weighted by molar-refractivity contribution is 6.29. The molecule has 0 bridgehead atoms. The summed E-state index contributed by atoms with van der Waals surface area (Å²) < 4.78 is 5.95. The van der Waals surface area contributed by atoms with Crippen molar-refractivity contribution in [3.8, 4) is 5.88 Å². The van der Waals surface area contributed by atoms with Crippen LogP contribution in [-0.4, -0.2) is 46.2 Å². The Bertz CT molecular complexity index is 1490. The number of nitrogens with zero attached hydrogens (tertiary/aromatic N) is 2. The van der Waals surface area contributed by atoms with Crippen molar-refractivity contribution in [3.63, 3.8) is 0 Å². The molecule has 4 rings (SSSR count). The number of hydrogen-bond acceptors (Lipinski definition) is 6. The molecular formula is C27H22ClN3O5. The number of ether oxygens (including phenoxy) is 1. The normalized spacial score (nSPS) is 11.4. The van der Waals surface area contributed by atoms with E-state index in [4.69, 9.17) is 21.3 Å². The van der Waals surface area contributed by atoms with E-state index in [-0.39, 0.29) is 23.2 Å². The van der Waals surface area contributed by atoms with Crippen molar-refractivity contribution in [3.05, 3.63) is 89.5 Å². The number of alkyl halides is 1. The molecule has 0 aliphatic carbocycles. The highest BCUT2D eigenvalue weighted by atomic mass is 35.5. The van der Waals surface area contributed by atoms with E-state index in [1.807, 2.05) is 30.3 Å². The van der Waals surface area contributed by atoms with Gasteiger partial charge in [0.05, 0.1) is 35.2 Å². The molecule has 2 N–H and O–H groups in total. The highest BCUT2D eigenvalue weighted by Gasteiger charge is 2.25. The van der Waals surface area contributed by atoms with Crippen LogP contribution in [-0.2, 0) is 9.53 Å². The zero-order valence-electron chi connectivity index (χ0n) is 19.5. The van der Waals surface area contributed by atoms with E-state index in [1.54, 1.807) is 36.4 Å². The first-order valence-electron chi connectivity index (χ1n) is 10.9. The second-order valence-corrected chi connectivity index (χ2v) is 8.10. The minimum atomic E-state index is -0.562. The number of anilines is 1. The van der Waals surface area contributed by atoms with Crippen molar-refractivity contribution in [1.82, 2.24) is 4.57 Å². The van der Waals surface area contributed by atoms with Crippen LogP contribution in [0.1, 0.15) is 33.2 Å². The molecule has 3 aromatic carbocycles. The molecule has 1 aromatic heterocycles. The minimum absolute atomic E-state index is 0.157. The van der Waals surface area contributed by atoms with E-state index >= 15 is 0 Å². The topological polar surface area (TPSA) is 110 Å². The summed E-state index contributed by atoms with van der Waals surface area (Å²) in [5, 5.41) is 14.4. The Hall–Kier alpha value is -4.43. The number of esters is 1. The van der Waals surface area contributed by atoms with Crippen LogP contribution in [0.25, 0.3) is 10.9 Å². The lowest BCUT2D eigenvalue weighted by molar-refractivity contribution is -0.113. The number of nitrogens with one attached hydrogen (secondary N) is 1. The molecule has 0 saturated carbocycles. The molecule has 4 aromatic rings. The summed E-state index contributed by atoms with van der Waals surface area (Å²) in [5.41, 5.74) is 3.15. The molecule has 0 atom stereocenters. The third kappa shape index (κ3) is 4.85. The molecule has 9 heteroatoms. The summed E-state index contributed by atoms with van der Waals surface area (Å²) in [6, 6.07) is 20.7. The highest BCUT2D eigenvalue weighted by Crippen LogP contribution is 2.35. The molecular weight excluding hydrogens is 482 g/mol. The molecule has 0 radical (unpaired) electrons. The van der Waals surface area contributed by atoms with Crippen LogP contribution in [0.15, 0.2) is 77.8 Å². The fraction of sp³-hybridized carbons (Fsp3) is 0.111. The second-order valence-electron chi connectivity index (χ2n) is 7.83. The van der Waals surface area contributed by atoms with Crippen molar-refractivity contribution in [1.29, 1.82) is 0 Å². The van der Waals surface area contributed by atoms with Crippen LogP contribution in [0.5, 0.6) is 5.88 Å². The summed E-state index contributed by atoms with van der Waals surface area (Å²) in [7, 11) is 1.27. The summed E-state index contributed by atoms with van der Waals surface area (Å²) in [5.74, 6) is -1.78. The number of fused-ring (bicyclic) bond motifs is 1. The molecule has 1 heterocycles. The van der Waals surface area contributed by atoms with Crippen LogP contribution in [0.2, 0.25) is 0 Å². The molecule has 0 spiro atoms. The molecule has 182 valence electrons. The Morgan fingerprint density at radius 3 is 2.31 bits per heavy atom. The number of hydrogen-bond donors (Lipinski definition) is 2. The van der Waals surface area contributed by atoms with E-state index in [0.717, 1.165) is 4.57 Å². The van der Waals surface area contributed by atoms with Gasteiger partial charge in [0, 0.05) is 23.6 Å². The number of benzene rings is 3. The lowest BCUT2D eigenvalue weighted by Crippen LogP contribution is -2.12. The van der Waals surface area contributed by atoms with Gasteiger partial charge in [-0.1, -0.05) is 36.4 Å². The summed E-state index contributed by atoms with van der Waals surface area (Å²) in [4.78, 5) is 41.0. The molecule has 36 heavy (non-hydrogen) atoms. The van der Waals surface area contributed by atoms with Crippen LogP contribution in [0.4, 0.5) is 11.4 Å². The maximum absolute atomic E-state index is 12.5. The first-order valence-corrected chi connectivity index (χ1v) is 11.4. The van der Waals surface area contributed by atoms with Gasteiger partial charge in [0.25, 0.3) is 0 Å². The van der Waals surface area contributed by atoms with E-state index in [9.17, 15) is 19.5 Å². The molecule has 0 saturated heterocycles. The van der Waals surface area contributed by atoms with Gasteiger partial charge in [0.2, 0.25) is 17.7 Å². The lowest BCUT2D eigenvalue weighted by Gasteiger charge is -2.09. The number of methoxy groups -OCH3 is 1. The maximum atomic E-state index is 12.5. The van der Waals surface area contributed by atoms with Crippen molar-refractivity contribution < 1.29 is 24.2 Å². The SMILES string of the molecule is COC(=O)c1ccc2c(C(=Nc3ccc(NC(=O)CCl)cc3)c3ccccc3)c(O)n(C(C)=O)c2c1. The third-order valence-corrected chi connectivity index (χ3v) is 5.72. The van der Waals surface area contributed by atoms with Crippen molar-refractivity contribution in [2.45, 2.75) is 6.92 Å². The third-order valence-electron chi connectivity index (χ3n) is 5.48. The number of aromatic nitrogens is 1. The van der Waals surface area contributed by atoms with Crippen LogP contribution < -0.4 is 5.32 Å². The number of rotatable bonds is 6. The van der Waals surface area contributed by atoms with Crippen molar-refractivity contribution in [2.75, 3.05) is 18.3 Å². The van der Waals surface area contributed by atoms with E-state index < -0.39 is 11.9 Å². The predicted octanol–water partition coefficient (Wildman–Crippen LogP) is 5.14. The van der Waals surface area contributed by atoms with Gasteiger partial charge >= 0.3 is 5.97 Å². The van der Waals surface area contributed by atoms with Gasteiger partial charge < -0.3 is 15.2 Å². The van der Waals surface area contributed by atoms with E-state index in [2.05, 4.69) is 5.32 Å². The van der Waals surface area contributed by atoms with Crippen LogP contribution in [0.3, 0.4) is 0 Å². The fourth-order valence-electron chi connectivity index (χ4n) is 3.88. The van der Waals surface area contributed by atoms with Crippen molar-refractivity contribution in [2.24, 2.45) is 4.99 Å². The lowest BCUT2D eigenvalue weighted by atomic mass is 10.00. The zero-order valence-corrected chi connectivity index (χ0v) is 20.2. The summed E-state index contributed by atoms with van der Waals surface area (Å²) in [6.07, 6.45) is 0. The molecule has 0 unspecified atom stereocenters. The van der Waals surface area contributed by atoms with Crippen molar-refractivity contribution >= 4 is 57.4 Å². The van der Waals surface area contributed by atoms with Gasteiger partial charge in [-0.2, -0.15) is 0 Å². The van der Waals surface area contributed by atoms with Gasteiger partial charge in [0.1, 0.15) is 5.88 Å². The van der Waals surface area contributed by atoms with Gasteiger partial charge in [0.15, 0.2) is 0 Å². The van der Waals surface area contributed by atoms with E-state index in [0.29, 0.717) is 39.1 Å². The Morgan fingerprint density at radius 1 is 1.00 bits per heavy atom. The Morgan fingerprint density at radius 2 is 1.69 bits per heavy atom. The zero-order chi connectivity index (χ0) is 25.8. The Kier molecular flexibility index (Phi) is 7.17. The van der Waals surface area contributed by atoms with Gasteiger partial charge in [-0.25, -0.2) is 9.79 Å². The largest absolute Gasteiger partial charge is 0.494 e. The monoisotopic (exact) mass is 503 g/mol.